The summed E-state index contributed by atoms with van der Waals surface area (Å²) in [5.74, 6) is -0.545. The third-order valence-corrected chi connectivity index (χ3v) is 9.36. The normalized spacial score (nSPS) is 28.7. The van der Waals surface area contributed by atoms with E-state index in [1.807, 2.05) is 24.3 Å². The van der Waals surface area contributed by atoms with E-state index in [4.69, 9.17) is 4.74 Å². The van der Waals surface area contributed by atoms with Crippen molar-refractivity contribution in [2.45, 2.75) is 108 Å². The van der Waals surface area contributed by atoms with Crippen LogP contribution in [0.4, 0.5) is 13.2 Å². The first kappa shape index (κ1) is 26.7. The SMILES string of the molecule is CCCC(O)C1CCC(c2ccc(C3CCC(CCc4ccc(C5CO5)c(F)c4)CC3)c(F)c2F)CC1. The van der Waals surface area contributed by atoms with Crippen LogP contribution in [-0.4, -0.2) is 17.8 Å². The van der Waals surface area contributed by atoms with Gasteiger partial charge in [-0.3, -0.25) is 0 Å². The van der Waals surface area contributed by atoms with E-state index < -0.39 is 11.6 Å². The van der Waals surface area contributed by atoms with E-state index in [-0.39, 0.29) is 35.8 Å². The molecule has 0 spiro atoms. The molecule has 5 rings (SSSR count). The zero-order valence-corrected chi connectivity index (χ0v) is 22.0. The van der Waals surface area contributed by atoms with Crippen molar-refractivity contribution in [2.24, 2.45) is 11.8 Å². The standard InChI is InChI=1S/C32H41F3O2/c1-2-3-29(36)24-13-11-23(12-14-24)26-17-16-25(31(34)32(26)35)22-9-6-20(7-10-22)4-5-21-8-15-27(28(33)18-21)30-19-37-30/h8,15-18,20,22-24,29-30,36H,2-7,9-14,19H2,1H3. The number of aliphatic hydroxyl groups excluding tert-OH is 1. The first-order valence-electron chi connectivity index (χ1n) is 14.5. The average molecular weight is 515 g/mol. The largest absolute Gasteiger partial charge is 0.393 e. The molecule has 3 fully saturated rings. The molecule has 2 nitrogen and oxygen atoms in total. The number of epoxide rings is 1. The van der Waals surface area contributed by atoms with Crippen LogP contribution in [-0.2, 0) is 11.2 Å². The second kappa shape index (κ2) is 11.9. The van der Waals surface area contributed by atoms with E-state index in [0.29, 0.717) is 29.2 Å². The average Bonchev–Trinajstić information content (AvgIpc) is 3.75. The van der Waals surface area contributed by atoms with E-state index in [0.717, 1.165) is 82.6 Å². The summed E-state index contributed by atoms with van der Waals surface area (Å²) in [6.07, 6.45) is 10.4. The minimum atomic E-state index is -0.653. The van der Waals surface area contributed by atoms with Crippen molar-refractivity contribution in [1.29, 1.82) is 0 Å². The van der Waals surface area contributed by atoms with Gasteiger partial charge in [0.1, 0.15) is 11.9 Å². The number of aryl methyl sites for hydroxylation is 1. The van der Waals surface area contributed by atoms with Crippen molar-refractivity contribution in [3.05, 3.63) is 70.0 Å². The first-order valence-corrected chi connectivity index (χ1v) is 14.5. The summed E-state index contributed by atoms with van der Waals surface area (Å²) in [5.41, 5.74) is 2.72. The summed E-state index contributed by atoms with van der Waals surface area (Å²) >= 11 is 0. The molecule has 0 amide bonds. The molecule has 1 heterocycles. The highest BCUT2D eigenvalue weighted by Crippen LogP contribution is 2.43. The fourth-order valence-corrected chi connectivity index (χ4v) is 6.90. The number of halogens is 3. The zero-order valence-electron chi connectivity index (χ0n) is 22.0. The van der Waals surface area contributed by atoms with Crippen LogP contribution in [0.25, 0.3) is 0 Å². The van der Waals surface area contributed by atoms with Gasteiger partial charge in [-0.1, -0.05) is 37.6 Å². The maximum atomic E-state index is 15.2. The highest BCUT2D eigenvalue weighted by Gasteiger charge is 2.31. The lowest BCUT2D eigenvalue weighted by Crippen LogP contribution is -2.25. The topological polar surface area (TPSA) is 32.8 Å². The number of rotatable bonds is 9. The molecule has 2 unspecified atom stereocenters. The Labute approximate surface area is 219 Å². The van der Waals surface area contributed by atoms with Crippen LogP contribution < -0.4 is 0 Å². The summed E-state index contributed by atoms with van der Waals surface area (Å²) in [6, 6.07) is 9.16. The lowest BCUT2D eigenvalue weighted by atomic mass is 9.74. The number of hydrogen-bond donors (Lipinski definition) is 1. The summed E-state index contributed by atoms with van der Waals surface area (Å²) in [7, 11) is 0. The van der Waals surface area contributed by atoms with Crippen LogP contribution >= 0.6 is 0 Å². The lowest BCUT2D eigenvalue weighted by molar-refractivity contribution is 0.0727. The van der Waals surface area contributed by atoms with Gasteiger partial charge in [0.05, 0.1) is 12.7 Å². The van der Waals surface area contributed by atoms with Gasteiger partial charge in [0.25, 0.3) is 0 Å². The molecular formula is C32H41F3O2. The molecule has 2 aromatic carbocycles. The maximum Gasteiger partial charge on any atom is 0.162 e. The molecule has 5 heteroatoms. The Balaban J connectivity index is 1.13. The van der Waals surface area contributed by atoms with Gasteiger partial charge >= 0.3 is 0 Å². The van der Waals surface area contributed by atoms with Crippen molar-refractivity contribution < 1.29 is 23.0 Å². The Morgan fingerprint density at radius 3 is 1.95 bits per heavy atom. The van der Waals surface area contributed by atoms with Crippen molar-refractivity contribution in [1.82, 2.24) is 0 Å². The second-order valence-electron chi connectivity index (χ2n) is 11.8. The molecule has 3 aliphatic rings. The van der Waals surface area contributed by atoms with Crippen LogP contribution in [0.15, 0.2) is 30.3 Å². The Hall–Kier alpha value is -1.85. The molecule has 2 atom stereocenters. The van der Waals surface area contributed by atoms with Crippen molar-refractivity contribution >= 4 is 0 Å². The van der Waals surface area contributed by atoms with E-state index in [2.05, 4.69) is 6.92 Å². The van der Waals surface area contributed by atoms with Gasteiger partial charge in [-0.05, 0) is 117 Å². The summed E-state index contributed by atoms with van der Waals surface area (Å²) < 4.78 is 49.9. The first-order chi connectivity index (χ1) is 17.9. The van der Waals surface area contributed by atoms with Gasteiger partial charge in [-0.2, -0.15) is 0 Å². The highest BCUT2D eigenvalue weighted by atomic mass is 19.2. The molecule has 0 bridgehead atoms. The van der Waals surface area contributed by atoms with Crippen LogP contribution in [0.2, 0.25) is 0 Å². The Morgan fingerprint density at radius 2 is 1.41 bits per heavy atom. The molecule has 2 saturated carbocycles. The molecule has 1 N–H and O–H groups in total. The molecule has 2 aliphatic carbocycles. The van der Waals surface area contributed by atoms with Gasteiger partial charge in [0.2, 0.25) is 0 Å². The Morgan fingerprint density at radius 1 is 0.838 bits per heavy atom. The molecule has 0 radical (unpaired) electrons. The third-order valence-electron chi connectivity index (χ3n) is 9.36. The predicted molar refractivity (Wildman–Crippen MR) is 140 cm³/mol. The van der Waals surface area contributed by atoms with Crippen LogP contribution in [0.1, 0.15) is 118 Å². The molecule has 2 aromatic rings. The van der Waals surface area contributed by atoms with Gasteiger partial charge in [-0.15, -0.1) is 0 Å². The molecular weight excluding hydrogens is 473 g/mol. The molecule has 1 saturated heterocycles. The van der Waals surface area contributed by atoms with Gasteiger partial charge in [0, 0.05) is 5.56 Å². The number of hydrogen-bond acceptors (Lipinski definition) is 2. The minimum absolute atomic E-state index is 0.0417. The van der Waals surface area contributed by atoms with Gasteiger partial charge < -0.3 is 9.84 Å². The third kappa shape index (κ3) is 6.25. The zero-order chi connectivity index (χ0) is 25.9. The maximum absolute atomic E-state index is 15.2. The van der Waals surface area contributed by atoms with E-state index in [1.54, 1.807) is 6.07 Å². The van der Waals surface area contributed by atoms with Crippen LogP contribution in [0.5, 0.6) is 0 Å². The molecule has 0 aromatic heterocycles. The number of aliphatic hydroxyl groups is 1. The highest BCUT2D eigenvalue weighted by molar-refractivity contribution is 5.32. The smallest absolute Gasteiger partial charge is 0.162 e. The fraction of sp³-hybridized carbons (Fsp3) is 0.625. The summed E-state index contributed by atoms with van der Waals surface area (Å²) in [6.45, 7) is 2.69. The summed E-state index contributed by atoms with van der Waals surface area (Å²) in [4.78, 5) is 0. The fourth-order valence-electron chi connectivity index (χ4n) is 6.90. The Kier molecular flexibility index (Phi) is 8.60. The van der Waals surface area contributed by atoms with Crippen molar-refractivity contribution in [3.8, 4) is 0 Å². The van der Waals surface area contributed by atoms with Crippen molar-refractivity contribution in [3.63, 3.8) is 0 Å². The van der Waals surface area contributed by atoms with Crippen molar-refractivity contribution in [2.75, 3.05) is 6.61 Å². The molecule has 37 heavy (non-hydrogen) atoms. The van der Waals surface area contributed by atoms with E-state index >= 15 is 8.78 Å². The molecule has 202 valence electrons. The van der Waals surface area contributed by atoms with E-state index in [9.17, 15) is 9.50 Å². The summed E-state index contributed by atoms with van der Waals surface area (Å²) in [5, 5.41) is 10.3. The van der Waals surface area contributed by atoms with Gasteiger partial charge in [0.15, 0.2) is 11.6 Å². The monoisotopic (exact) mass is 514 g/mol. The quantitative estimate of drug-likeness (QED) is 0.340. The lowest BCUT2D eigenvalue weighted by Gasteiger charge is -2.32. The minimum Gasteiger partial charge on any atom is -0.393 e. The van der Waals surface area contributed by atoms with Crippen LogP contribution in [0.3, 0.4) is 0 Å². The molecule has 1 aliphatic heterocycles. The predicted octanol–water partition coefficient (Wildman–Crippen LogP) is 8.52. The number of benzene rings is 2. The van der Waals surface area contributed by atoms with Gasteiger partial charge in [-0.25, -0.2) is 13.2 Å². The second-order valence-corrected chi connectivity index (χ2v) is 11.8. The Bertz CT molecular complexity index is 1050. The van der Waals surface area contributed by atoms with E-state index in [1.165, 1.54) is 0 Å². The number of ether oxygens (including phenoxy) is 1. The van der Waals surface area contributed by atoms with Crippen LogP contribution in [0, 0.1) is 29.3 Å².